The molecule has 0 saturated heterocycles. The summed E-state index contributed by atoms with van der Waals surface area (Å²) < 4.78 is 10.8. The van der Waals surface area contributed by atoms with Crippen LogP contribution in [0.25, 0.3) is 0 Å². The number of guanidine groups is 1. The zero-order chi connectivity index (χ0) is 15.1. The standard InChI is InChI=1S/C15H24N4O2/c1-11(10-20-2)19-15(16)18-9-12-6-7-17-14(8-12)21-13-4-3-5-13/h6-8,11,13H,3-5,9-10H2,1-2H3,(H3,16,18,19). The Bertz CT molecular complexity index is 474. The summed E-state index contributed by atoms with van der Waals surface area (Å²) in [6, 6.07) is 3.98. The highest BCUT2D eigenvalue weighted by atomic mass is 16.5. The van der Waals surface area contributed by atoms with Crippen molar-refractivity contribution in [1.82, 2.24) is 10.3 Å². The number of nitrogens with two attached hydrogens (primary N) is 1. The molecular weight excluding hydrogens is 268 g/mol. The van der Waals surface area contributed by atoms with Crippen LogP contribution in [0.2, 0.25) is 0 Å². The van der Waals surface area contributed by atoms with Crippen molar-refractivity contribution in [2.75, 3.05) is 13.7 Å². The lowest BCUT2D eigenvalue weighted by atomic mass is 9.96. The number of nitrogens with one attached hydrogen (secondary N) is 1. The Morgan fingerprint density at radius 3 is 3.05 bits per heavy atom. The van der Waals surface area contributed by atoms with E-state index in [1.807, 2.05) is 19.1 Å². The van der Waals surface area contributed by atoms with E-state index in [1.165, 1.54) is 6.42 Å². The van der Waals surface area contributed by atoms with E-state index >= 15 is 0 Å². The molecule has 1 unspecified atom stereocenters. The number of hydrogen-bond donors (Lipinski definition) is 2. The summed E-state index contributed by atoms with van der Waals surface area (Å²) in [7, 11) is 1.66. The molecule has 1 aromatic rings. The van der Waals surface area contributed by atoms with E-state index in [9.17, 15) is 0 Å². The van der Waals surface area contributed by atoms with Crippen molar-refractivity contribution in [2.24, 2.45) is 10.7 Å². The molecule has 2 rings (SSSR count). The largest absolute Gasteiger partial charge is 0.474 e. The molecule has 1 atom stereocenters. The van der Waals surface area contributed by atoms with Gasteiger partial charge in [0.1, 0.15) is 6.10 Å². The molecule has 0 amide bonds. The van der Waals surface area contributed by atoms with Crippen LogP contribution >= 0.6 is 0 Å². The SMILES string of the molecule is COCC(C)NC(N)=NCc1ccnc(OC2CCC2)c1. The second kappa shape index (κ2) is 7.83. The molecule has 6 nitrogen and oxygen atoms in total. The Balaban J connectivity index is 1.85. The molecule has 1 fully saturated rings. The second-order valence-corrected chi connectivity index (χ2v) is 5.38. The van der Waals surface area contributed by atoms with Crippen LogP contribution < -0.4 is 15.8 Å². The number of methoxy groups -OCH3 is 1. The van der Waals surface area contributed by atoms with Crippen LogP contribution in [0.3, 0.4) is 0 Å². The van der Waals surface area contributed by atoms with Crippen LogP contribution in [0.1, 0.15) is 31.7 Å². The van der Waals surface area contributed by atoms with Gasteiger partial charge in [-0.1, -0.05) is 0 Å². The maximum Gasteiger partial charge on any atom is 0.213 e. The quantitative estimate of drug-likeness (QED) is 0.587. The number of hydrogen-bond acceptors (Lipinski definition) is 4. The van der Waals surface area contributed by atoms with Gasteiger partial charge in [-0.05, 0) is 37.8 Å². The minimum Gasteiger partial charge on any atom is -0.474 e. The minimum atomic E-state index is 0.133. The first-order valence-electron chi connectivity index (χ1n) is 7.34. The van der Waals surface area contributed by atoms with Crippen molar-refractivity contribution in [3.63, 3.8) is 0 Å². The Labute approximate surface area is 125 Å². The predicted molar refractivity (Wildman–Crippen MR) is 82.3 cm³/mol. The second-order valence-electron chi connectivity index (χ2n) is 5.38. The molecule has 1 saturated carbocycles. The van der Waals surface area contributed by atoms with Gasteiger partial charge in [-0.25, -0.2) is 9.98 Å². The zero-order valence-electron chi connectivity index (χ0n) is 12.7. The monoisotopic (exact) mass is 292 g/mol. The van der Waals surface area contributed by atoms with Crippen LogP contribution in [0.5, 0.6) is 5.88 Å². The Hall–Kier alpha value is -1.82. The first kappa shape index (κ1) is 15.6. The third-order valence-corrected chi connectivity index (χ3v) is 3.38. The maximum absolute atomic E-state index is 5.84. The van der Waals surface area contributed by atoms with Gasteiger partial charge in [0.25, 0.3) is 0 Å². The molecule has 0 spiro atoms. The smallest absolute Gasteiger partial charge is 0.213 e. The van der Waals surface area contributed by atoms with Crippen molar-refractivity contribution < 1.29 is 9.47 Å². The van der Waals surface area contributed by atoms with Gasteiger partial charge >= 0.3 is 0 Å². The average Bonchev–Trinajstić information content (AvgIpc) is 2.41. The number of aliphatic imine (C=N–C) groups is 1. The Morgan fingerprint density at radius 1 is 1.57 bits per heavy atom. The van der Waals surface area contributed by atoms with E-state index in [2.05, 4.69) is 15.3 Å². The van der Waals surface area contributed by atoms with E-state index < -0.39 is 0 Å². The van der Waals surface area contributed by atoms with E-state index in [0.29, 0.717) is 31.1 Å². The molecule has 1 aliphatic carbocycles. The van der Waals surface area contributed by atoms with E-state index in [-0.39, 0.29) is 6.04 Å². The maximum atomic E-state index is 5.84. The van der Waals surface area contributed by atoms with Crippen molar-refractivity contribution >= 4 is 5.96 Å². The highest BCUT2D eigenvalue weighted by Crippen LogP contribution is 2.24. The number of nitrogens with zero attached hydrogens (tertiary/aromatic N) is 2. The van der Waals surface area contributed by atoms with Crippen molar-refractivity contribution in [2.45, 2.75) is 44.9 Å². The van der Waals surface area contributed by atoms with Gasteiger partial charge in [0.15, 0.2) is 5.96 Å². The number of rotatable bonds is 7. The van der Waals surface area contributed by atoms with Crippen LogP contribution in [0.15, 0.2) is 23.3 Å². The Morgan fingerprint density at radius 2 is 2.38 bits per heavy atom. The molecule has 21 heavy (non-hydrogen) atoms. The summed E-state index contributed by atoms with van der Waals surface area (Å²) in [5, 5.41) is 3.07. The third kappa shape index (κ3) is 5.23. The fourth-order valence-corrected chi connectivity index (χ4v) is 2.04. The summed E-state index contributed by atoms with van der Waals surface area (Å²) >= 11 is 0. The predicted octanol–water partition coefficient (Wildman–Crippen LogP) is 1.45. The van der Waals surface area contributed by atoms with Crippen LogP contribution in [0, 0.1) is 0 Å². The molecule has 1 aromatic heterocycles. The molecular formula is C15H24N4O2. The van der Waals surface area contributed by atoms with Crippen molar-refractivity contribution in [1.29, 1.82) is 0 Å². The molecule has 0 bridgehead atoms. The number of aromatic nitrogens is 1. The van der Waals surface area contributed by atoms with E-state index in [4.69, 9.17) is 15.2 Å². The van der Waals surface area contributed by atoms with Crippen molar-refractivity contribution in [3.8, 4) is 5.88 Å². The summed E-state index contributed by atoms with van der Waals surface area (Å²) in [6.07, 6.45) is 5.57. The minimum absolute atomic E-state index is 0.133. The van der Waals surface area contributed by atoms with Gasteiger partial charge in [-0.15, -0.1) is 0 Å². The van der Waals surface area contributed by atoms with Gasteiger partial charge in [-0.3, -0.25) is 0 Å². The summed E-state index contributed by atoms with van der Waals surface area (Å²) in [4.78, 5) is 8.54. The summed E-state index contributed by atoms with van der Waals surface area (Å²) in [6.45, 7) is 3.08. The Kier molecular flexibility index (Phi) is 5.80. The third-order valence-electron chi connectivity index (χ3n) is 3.38. The van der Waals surface area contributed by atoms with E-state index in [1.54, 1.807) is 13.3 Å². The number of ether oxygens (including phenoxy) is 2. The molecule has 1 heterocycles. The summed E-state index contributed by atoms with van der Waals surface area (Å²) in [5.41, 5.74) is 6.87. The molecule has 3 N–H and O–H groups in total. The van der Waals surface area contributed by atoms with Crippen LogP contribution in [-0.2, 0) is 11.3 Å². The lowest BCUT2D eigenvalue weighted by Gasteiger charge is -2.25. The van der Waals surface area contributed by atoms with E-state index in [0.717, 1.165) is 18.4 Å². The lowest BCUT2D eigenvalue weighted by molar-refractivity contribution is 0.114. The van der Waals surface area contributed by atoms with Crippen LogP contribution in [-0.4, -0.2) is 36.8 Å². The topological polar surface area (TPSA) is 81.8 Å². The van der Waals surface area contributed by atoms with Gasteiger partial charge < -0.3 is 20.5 Å². The molecule has 116 valence electrons. The molecule has 0 radical (unpaired) electrons. The normalized spacial score (nSPS) is 17.1. The highest BCUT2D eigenvalue weighted by Gasteiger charge is 2.19. The first-order chi connectivity index (χ1) is 10.2. The molecule has 6 heteroatoms. The molecule has 0 aliphatic heterocycles. The fraction of sp³-hybridized carbons (Fsp3) is 0.600. The molecule has 1 aliphatic rings. The van der Waals surface area contributed by atoms with Gasteiger partial charge in [0, 0.05) is 25.4 Å². The highest BCUT2D eigenvalue weighted by molar-refractivity contribution is 5.78. The van der Waals surface area contributed by atoms with Gasteiger partial charge in [0.2, 0.25) is 5.88 Å². The zero-order valence-corrected chi connectivity index (χ0v) is 12.7. The lowest BCUT2D eigenvalue weighted by Crippen LogP contribution is -2.40. The van der Waals surface area contributed by atoms with Crippen LogP contribution in [0.4, 0.5) is 0 Å². The number of pyridine rings is 1. The molecule has 0 aromatic carbocycles. The average molecular weight is 292 g/mol. The van der Waals surface area contributed by atoms with Gasteiger partial charge in [0.05, 0.1) is 13.2 Å². The first-order valence-corrected chi connectivity index (χ1v) is 7.34. The van der Waals surface area contributed by atoms with Gasteiger partial charge in [-0.2, -0.15) is 0 Å². The summed E-state index contributed by atoms with van der Waals surface area (Å²) in [5.74, 6) is 1.09. The van der Waals surface area contributed by atoms with Crippen molar-refractivity contribution in [3.05, 3.63) is 23.9 Å². The fourth-order valence-electron chi connectivity index (χ4n) is 2.04.